The van der Waals surface area contributed by atoms with Gasteiger partial charge in [0.25, 0.3) is 0 Å². The standard InChI is InChI=1S/C6H12N2O2S4/c1-7(9-3)5(11)13-14-6(12)8(2)10-4/h1-4H3. The summed E-state index contributed by atoms with van der Waals surface area (Å²) in [5.74, 6) is 0. The SMILES string of the molecule is CON(C)C(=S)SSC(=S)N(C)OC. The molecule has 0 atom stereocenters. The van der Waals surface area contributed by atoms with Crippen LogP contribution in [0.4, 0.5) is 0 Å². The highest BCUT2D eigenvalue weighted by Gasteiger charge is 2.09. The van der Waals surface area contributed by atoms with Crippen molar-refractivity contribution in [2.24, 2.45) is 0 Å². The van der Waals surface area contributed by atoms with Crippen LogP contribution in [-0.4, -0.2) is 47.1 Å². The van der Waals surface area contributed by atoms with Crippen LogP contribution in [0.5, 0.6) is 0 Å². The number of rotatable bonds is 2. The summed E-state index contributed by atoms with van der Waals surface area (Å²) in [5.41, 5.74) is 0. The van der Waals surface area contributed by atoms with Crippen LogP contribution in [0.2, 0.25) is 0 Å². The maximum Gasteiger partial charge on any atom is 0.171 e. The molecule has 0 radical (unpaired) electrons. The average molecular weight is 272 g/mol. The van der Waals surface area contributed by atoms with Gasteiger partial charge in [0.15, 0.2) is 8.64 Å². The molecule has 14 heavy (non-hydrogen) atoms. The quantitative estimate of drug-likeness (QED) is 0.427. The minimum Gasteiger partial charge on any atom is -0.276 e. The van der Waals surface area contributed by atoms with Crippen LogP contribution in [0.15, 0.2) is 0 Å². The van der Waals surface area contributed by atoms with Gasteiger partial charge in [-0.25, -0.2) is 10.1 Å². The molecule has 0 aliphatic heterocycles. The average Bonchev–Trinajstić information content (AvgIpc) is 2.22. The zero-order chi connectivity index (χ0) is 11.1. The molecule has 0 bridgehead atoms. The summed E-state index contributed by atoms with van der Waals surface area (Å²) in [5, 5.41) is 2.98. The molecule has 0 rings (SSSR count). The smallest absolute Gasteiger partial charge is 0.171 e. The van der Waals surface area contributed by atoms with Crippen molar-refractivity contribution in [2.45, 2.75) is 0 Å². The number of hydrogen-bond acceptors (Lipinski definition) is 6. The second-order valence-corrected chi connectivity index (χ2v) is 5.46. The van der Waals surface area contributed by atoms with Crippen molar-refractivity contribution in [3.05, 3.63) is 0 Å². The van der Waals surface area contributed by atoms with Crippen LogP contribution in [0, 0.1) is 0 Å². The maximum absolute atomic E-state index is 5.04. The molecule has 82 valence electrons. The van der Waals surface area contributed by atoms with Crippen LogP contribution in [-0.2, 0) is 9.68 Å². The summed E-state index contributed by atoms with van der Waals surface area (Å²) in [7, 11) is 9.27. The maximum atomic E-state index is 5.04. The van der Waals surface area contributed by atoms with E-state index in [0.29, 0.717) is 8.64 Å². The molecule has 0 N–H and O–H groups in total. The highest BCUT2D eigenvalue weighted by atomic mass is 33.1. The molecule has 0 heterocycles. The van der Waals surface area contributed by atoms with Crippen LogP contribution < -0.4 is 0 Å². The third-order valence-corrected chi connectivity index (χ3v) is 4.97. The topological polar surface area (TPSA) is 24.9 Å². The van der Waals surface area contributed by atoms with E-state index in [1.54, 1.807) is 28.3 Å². The molecule has 8 heteroatoms. The first-order valence-electron chi connectivity index (χ1n) is 3.51. The predicted octanol–water partition coefficient (Wildman–Crippen LogP) is 1.92. The molecule has 0 unspecified atom stereocenters. The molecule has 0 aromatic heterocycles. The Bertz CT molecular complexity index is 192. The van der Waals surface area contributed by atoms with E-state index < -0.39 is 0 Å². The van der Waals surface area contributed by atoms with Crippen LogP contribution in [0.25, 0.3) is 0 Å². The van der Waals surface area contributed by atoms with Gasteiger partial charge in [0.05, 0.1) is 14.2 Å². The highest BCUT2D eigenvalue weighted by molar-refractivity contribution is 8.89. The van der Waals surface area contributed by atoms with Crippen molar-refractivity contribution < 1.29 is 9.68 Å². The summed E-state index contributed by atoms with van der Waals surface area (Å²) < 4.78 is 1.20. The Morgan fingerprint density at radius 1 is 0.929 bits per heavy atom. The van der Waals surface area contributed by atoms with Crippen molar-refractivity contribution in [3.63, 3.8) is 0 Å². The lowest BCUT2D eigenvalue weighted by Gasteiger charge is -2.18. The summed E-state index contributed by atoms with van der Waals surface area (Å²) in [6, 6.07) is 0. The van der Waals surface area contributed by atoms with E-state index in [1.807, 2.05) is 0 Å². The van der Waals surface area contributed by atoms with Crippen molar-refractivity contribution in [1.29, 1.82) is 0 Å². The number of thiocarbonyl (C=S) groups is 2. The van der Waals surface area contributed by atoms with Crippen LogP contribution in [0.3, 0.4) is 0 Å². The predicted molar refractivity (Wildman–Crippen MR) is 69.9 cm³/mol. The van der Waals surface area contributed by atoms with Crippen molar-refractivity contribution >= 4 is 54.7 Å². The Labute approximate surface area is 103 Å². The molecular weight excluding hydrogens is 260 g/mol. The minimum absolute atomic E-state index is 0.601. The lowest BCUT2D eigenvalue weighted by atomic mass is 11.2. The van der Waals surface area contributed by atoms with Crippen LogP contribution in [0.1, 0.15) is 0 Å². The van der Waals surface area contributed by atoms with E-state index in [2.05, 4.69) is 0 Å². The van der Waals surface area contributed by atoms with Crippen molar-refractivity contribution in [3.8, 4) is 0 Å². The molecule has 0 aromatic carbocycles. The fourth-order valence-electron chi connectivity index (χ4n) is 0.325. The molecule has 4 nitrogen and oxygen atoms in total. The van der Waals surface area contributed by atoms with Gasteiger partial charge >= 0.3 is 0 Å². The molecule has 0 aliphatic rings. The molecule has 0 saturated carbocycles. The van der Waals surface area contributed by atoms with Gasteiger partial charge in [-0.2, -0.15) is 0 Å². The Morgan fingerprint density at radius 2 is 1.21 bits per heavy atom. The fraction of sp³-hybridized carbons (Fsp3) is 0.667. The van der Waals surface area contributed by atoms with Gasteiger partial charge in [0.1, 0.15) is 0 Å². The van der Waals surface area contributed by atoms with Crippen LogP contribution >= 0.6 is 46.0 Å². The van der Waals surface area contributed by atoms with E-state index in [4.69, 9.17) is 34.1 Å². The Balaban J connectivity index is 3.83. The summed E-state index contributed by atoms with van der Waals surface area (Å²) >= 11 is 10.1. The molecule has 0 aliphatic carbocycles. The van der Waals surface area contributed by atoms with Crippen molar-refractivity contribution in [1.82, 2.24) is 10.1 Å². The number of nitrogens with zero attached hydrogens (tertiary/aromatic N) is 2. The van der Waals surface area contributed by atoms with Crippen molar-refractivity contribution in [2.75, 3.05) is 28.3 Å². The summed E-state index contributed by atoms with van der Waals surface area (Å²) in [6.07, 6.45) is 0. The second-order valence-electron chi connectivity index (χ2n) is 2.06. The third-order valence-electron chi connectivity index (χ3n) is 1.25. The van der Waals surface area contributed by atoms with Gasteiger partial charge in [0, 0.05) is 14.1 Å². The molecule has 0 amide bonds. The van der Waals surface area contributed by atoms with Gasteiger partial charge in [-0.15, -0.1) is 0 Å². The monoisotopic (exact) mass is 272 g/mol. The number of hydroxylamine groups is 4. The summed E-state index contributed by atoms with van der Waals surface area (Å²) in [6.45, 7) is 0. The minimum atomic E-state index is 0.601. The largest absolute Gasteiger partial charge is 0.276 e. The first-order valence-corrected chi connectivity index (χ1v) is 6.47. The molecule has 0 aromatic rings. The second kappa shape index (κ2) is 7.66. The number of hydrogen-bond donors (Lipinski definition) is 0. The van der Waals surface area contributed by atoms with E-state index in [-0.39, 0.29) is 0 Å². The van der Waals surface area contributed by atoms with Gasteiger partial charge in [0.2, 0.25) is 0 Å². The van der Waals surface area contributed by atoms with E-state index in [9.17, 15) is 0 Å². The van der Waals surface area contributed by atoms with E-state index in [1.165, 1.54) is 31.7 Å². The Hall–Kier alpha value is 0.400. The molecule has 0 fully saturated rings. The molecule has 0 spiro atoms. The lowest BCUT2D eigenvalue weighted by Crippen LogP contribution is -2.22. The fourth-order valence-corrected chi connectivity index (χ4v) is 2.65. The molecular formula is C6H12N2O2S4. The first-order chi connectivity index (χ1) is 6.52. The first kappa shape index (κ1) is 14.4. The summed E-state index contributed by atoms with van der Waals surface area (Å²) in [4.78, 5) is 9.80. The highest BCUT2D eigenvalue weighted by Crippen LogP contribution is 2.27. The zero-order valence-electron chi connectivity index (χ0n) is 8.34. The van der Waals surface area contributed by atoms with Gasteiger partial charge in [-0.3, -0.25) is 9.68 Å². The third kappa shape index (κ3) is 5.32. The Morgan fingerprint density at radius 3 is 1.43 bits per heavy atom. The zero-order valence-corrected chi connectivity index (χ0v) is 11.6. The normalized spacial score (nSPS) is 9.71. The van der Waals surface area contributed by atoms with Gasteiger partial charge in [-0.05, 0) is 46.0 Å². The van der Waals surface area contributed by atoms with E-state index >= 15 is 0 Å². The van der Waals surface area contributed by atoms with Gasteiger partial charge in [-0.1, -0.05) is 0 Å². The van der Waals surface area contributed by atoms with E-state index in [0.717, 1.165) is 0 Å². The van der Waals surface area contributed by atoms with Gasteiger partial charge < -0.3 is 0 Å². The lowest BCUT2D eigenvalue weighted by molar-refractivity contribution is -0.0361. The molecule has 0 saturated heterocycles. The Kier molecular flexibility index (Phi) is 7.88.